The van der Waals surface area contributed by atoms with Gasteiger partial charge in [-0.05, 0) is 33.6 Å². The van der Waals surface area contributed by atoms with E-state index in [2.05, 4.69) is 11.3 Å². The molecule has 5 heteroatoms. The van der Waals surface area contributed by atoms with E-state index >= 15 is 0 Å². The maximum Gasteiger partial charge on any atom is 0.168 e. The first-order chi connectivity index (χ1) is 7.90. The minimum atomic E-state index is -1.17. The lowest BCUT2D eigenvalue weighted by atomic mass is 10.1. The van der Waals surface area contributed by atoms with Crippen LogP contribution in [0.2, 0.25) is 0 Å². The van der Waals surface area contributed by atoms with E-state index in [1.807, 2.05) is 20.8 Å². The lowest BCUT2D eigenvalue weighted by Crippen LogP contribution is -2.29. The molecule has 4 nitrogen and oxygen atoms in total. The van der Waals surface area contributed by atoms with E-state index in [9.17, 15) is 4.21 Å². The Balaban J connectivity index is 2.37. The molecule has 1 heterocycles. The van der Waals surface area contributed by atoms with Crippen LogP contribution in [-0.4, -0.2) is 34.2 Å². The van der Waals surface area contributed by atoms with E-state index in [-0.39, 0.29) is 4.75 Å². The third-order valence-electron chi connectivity index (χ3n) is 2.70. The molecule has 0 radical (unpaired) electrons. The van der Waals surface area contributed by atoms with Gasteiger partial charge in [-0.1, -0.05) is 6.92 Å². The minimum absolute atomic E-state index is 0.292. The summed E-state index contributed by atoms with van der Waals surface area (Å²) in [7, 11) is -1.17. The average Bonchev–Trinajstić information content (AvgIpc) is 2.72. The molecule has 1 rings (SSSR count). The molecule has 1 unspecified atom stereocenters. The summed E-state index contributed by atoms with van der Waals surface area (Å²) in [5, 5.41) is 0. The summed E-state index contributed by atoms with van der Waals surface area (Å²) in [5.41, 5.74) is 0. The second-order valence-corrected chi connectivity index (χ2v) is 7.08. The maximum absolute atomic E-state index is 11.7. The number of hydrogen-bond acceptors (Lipinski definition) is 3. The van der Waals surface area contributed by atoms with Crippen molar-refractivity contribution in [3.05, 3.63) is 0 Å². The Morgan fingerprint density at radius 3 is 2.41 bits per heavy atom. The molecule has 1 atom stereocenters. The highest BCUT2D eigenvalue weighted by molar-refractivity contribution is 7.85. The van der Waals surface area contributed by atoms with Crippen LogP contribution in [0.4, 0.5) is 0 Å². The van der Waals surface area contributed by atoms with Gasteiger partial charge in [0.05, 0.1) is 18.0 Å². The van der Waals surface area contributed by atoms with Crippen molar-refractivity contribution in [3.8, 4) is 0 Å². The summed E-state index contributed by atoms with van der Waals surface area (Å²) in [6.07, 6.45) is 4.07. The van der Waals surface area contributed by atoms with Crippen molar-refractivity contribution >= 4 is 17.2 Å². The van der Waals surface area contributed by atoms with E-state index in [0.29, 0.717) is 13.2 Å². The number of hydrogen-bond donors (Lipinski definition) is 0. The van der Waals surface area contributed by atoms with Gasteiger partial charge in [0, 0.05) is 12.6 Å². The number of rotatable bonds is 5. The van der Waals surface area contributed by atoms with Gasteiger partial charge in [-0.2, -0.15) is 4.40 Å². The van der Waals surface area contributed by atoms with Crippen LogP contribution in [0.3, 0.4) is 0 Å². The van der Waals surface area contributed by atoms with Crippen molar-refractivity contribution in [2.75, 3.05) is 13.2 Å². The molecule has 0 aliphatic carbocycles. The Bertz CT molecular complexity index is 291. The summed E-state index contributed by atoms with van der Waals surface area (Å²) in [4.78, 5) is 0. The second kappa shape index (κ2) is 6.07. The van der Waals surface area contributed by atoms with Crippen molar-refractivity contribution in [3.63, 3.8) is 0 Å². The zero-order valence-corrected chi connectivity index (χ0v) is 12.0. The zero-order chi connectivity index (χ0) is 12.9. The summed E-state index contributed by atoms with van der Waals surface area (Å²) in [6, 6.07) is 0. The summed E-state index contributed by atoms with van der Waals surface area (Å²) in [6.45, 7) is 9.12. The van der Waals surface area contributed by atoms with Crippen LogP contribution in [0.5, 0.6) is 0 Å². The van der Waals surface area contributed by atoms with E-state index < -0.39 is 16.8 Å². The normalized spacial score (nSPS) is 22.1. The third kappa shape index (κ3) is 4.48. The van der Waals surface area contributed by atoms with Gasteiger partial charge < -0.3 is 9.47 Å². The zero-order valence-electron chi connectivity index (χ0n) is 11.2. The molecule has 0 N–H and O–H groups in total. The van der Waals surface area contributed by atoms with E-state index in [1.165, 1.54) is 0 Å². The molecule has 0 saturated carbocycles. The predicted octanol–water partition coefficient (Wildman–Crippen LogP) is 2.45. The van der Waals surface area contributed by atoms with Gasteiger partial charge in [-0.25, -0.2) is 4.21 Å². The van der Waals surface area contributed by atoms with Crippen molar-refractivity contribution in [2.24, 2.45) is 4.40 Å². The second-order valence-electron chi connectivity index (χ2n) is 5.15. The number of nitrogens with zero attached hydrogens (tertiary/aromatic N) is 1. The maximum atomic E-state index is 11.7. The lowest BCUT2D eigenvalue weighted by molar-refractivity contribution is -0.162. The molecular weight excluding hydrogens is 238 g/mol. The SMILES string of the molecule is CCC1(CCC=NS(=O)C(C)(C)C)OCCO1. The van der Waals surface area contributed by atoms with Crippen LogP contribution < -0.4 is 0 Å². The van der Waals surface area contributed by atoms with Gasteiger partial charge in [0.25, 0.3) is 0 Å². The smallest absolute Gasteiger partial charge is 0.168 e. The van der Waals surface area contributed by atoms with Crippen molar-refractivity contribution < 1.29 is 13.7 Å². The molecule has 1 aliphatic rings. The molecule has 100 valence electrons. The Hall–Kier alpha value is -0.260. The van der Waals surface area contributed by atoms with Crippen LogP contribution in [0.15, 0.2) is 4.40 Å². The Morgan fingerprint density at radius 1 is 1.35 bits per heavy atom. The van der Waals surface area contributed by atoms with Gasteiger partial charge in [0.15, 0.2) is 5.79 Å². The largest absolute Gasteiger partial charge is 0.348 e. The Kier molecular flexibility index (Phi) is 5.28. The molecule has 1 saturated heterocycles. The Morgan fingerprint density at radius 2 is 1.94 bits per heavy atom. The number of ether oxygens (including phenoxy) is 2. The van der Waals surface area contributed by atoms with Gasteiger partial charge in [-0.15, -0.1) is 0 Å². The average molecular weight is 261 g/mol. The van der Waals surface area contributed by atoms with E-state index in [4.69, 9.17) is 9.47 Å². The van der Waals surface area contributed by atoms with Crippen molar-refractivity contribution in [1.29, 1.82) is 0 Å². The van der Waals surface area contributed by atoms with Crippen LogP contribution in [0, 0.1) is 0 Å². The quantitative estimate of drug-likeness (QED) is 0.714. The standard InChI is InChI=1S/C12H23NO3S/c1-5-12(15-9-10-16-12)7-6-8-13-17(14)11(2,3)4/h8H,5-7,9-10H2,1-4H3. The Labute approximate surface area is 106 Å². The van der Waals surface area contributed by atoms with Crippen LogP contribution in [0.25, 0.3) is 0 Å². The molecule has 0 aromatic heterocycles. The molecule has 1 aliphatic heterocycles. The molecule has 17 heavy (non-hydrogen) atoms. The fraction of sp³-hybridized carbons (Fsp3) is 0.917. The molecule has 0 spiro atoms. The van der Waals surface area contributed by atoms with Gasteiger partial charge >= 0.3 is 0 Å². The minimum Gasteiger partial charge on any atom is -0.348 e. The molecule has 1 fully saturated rings. The highest BCUT2D eigenvalue weighted by Crippen LogP contribution is 2.27. The highest BCUT2D eigenvalue weighted by atomic mass is 32.2. The summed E-state index contributed by atoms with van der Waals surface area (Å²) < 4.78 is 26.6. The topological polar surface area (TPSA) is 47.9 Å². The monoisotopic (exact) mass is 261 g/mol. The first kappa shape index (κ1) is 14.8. The van der Waals surface area contributed by atoms with Crippen LogP contribution in [0.1, 0.15) is 47.0 Å². The third-order valence-corrected chi connectivity index (χ3v) is 4.09. The van der Waals surface area contributed by atoms with Crippen LogP contribution in [-0.2, 0) is 20.5 Å². The molecular formula is C12H23NO3S. The van der Waals surface area contributed by atoms with Crippen molar-refractivity contribution in [1.82, 2.24) is 0 Å². The van der Waals surface area contributed by atoms with Crippen molar-refractivity contribution in [2.45, 2.75) is 57.5 Å². The fourth-order valence-corrected chi connectivity index (χ4v) is 2.14. The first-order valence-corrected chi connectivity index (χ1v) is 7.23. The molecule has 0 aromatic carbocycles. The molecule has 0 amide bonds. The van der Waals surface area contributed by atoms with Gasteiger partial charge in [0.2, 0.25) is 0 Å². The summed E-state index contributed by atoms with van der Waals surface area (Å²) in [5.74, 6) is -0.435. The van der Waals surface area contributed by atoms with Gasteiger partial charge in [0.1, 0.15) is 11.0 Å². The van der Waals surface area contributed by atoms with E-state index in [0.717, 1.165) is 19.3 Å². The van der Waals surface area contributed by atoms with Gasteiger partial charge in [-0.3, -0.25) is 0 Å². The van der Waals surface area contributed by atoms with E-state index in [1.54, 1.807) is 6.21 Å². The lowest BCUT2D eigenvalue weighted by Gasteiger charge is -2.24. The highest BCUT2D eigenvalue weighted by Gasteiger charge is 2.33. The molecule has 0 aromatic rings. The van der Waals surface area contributed by atoms with Crippen LogP contribution >= 0.6 is 0 Å². The fourth-order valence-electron chi connectivity index (χ4n) is 1.59. The first-order valence-electron chi connectivity index (χ1n) is 6.12. The molecule has 0 bridgehead atoms. The summed E-state index contributed by atoms with van der Waals surface area (Å²) >= 11 is 0. The predicted molar refractivity (Wildman–Crippen MR) is 70.5 cm³/mol.